The van der Waals surface area contributed by atoms with Crippen LogP contribution in [-0.2, 0) is 9.53 Å². The number of carbonyl (C=O) groups is 1. The first-order valence-electron chi connectivity index (χ1n) is 7.24. The van der Waals surface area contributed by atoms with Gasteiger partial charge in [-0.1, -0.05) is 17.3 Å². The number of allylic oxidation sites excluding steroid dienone is 1. The lowest BCUT2D eigenvalue weighted by molar-refractivity contribution is -0.135. The molecule has 1 atom stereocenters. The Balaban J connectivity index is 1.80. The summed E-state index contributed by atoms with van der Waals surface area (Å²) in [5.74, 6) is -0.0472. The van der Waals surface area contributed by atoms with E-state index in [1.54, 1.807) is 17.0 Å². The number of hydrogen-bond acceptors (Lipinski definition) is 5. The summed E-state index contributed by atoms with van der Waals surface area (Å²) < 4.78 is 23.1. The highest BCUT2D eigenvalue weighted by Gasteiger charge is 2.30. The van der Waals surface area contributed by atoms with Crippen molar-refractivity contribution in [1.82, 2.24) is 15.0 Å². The summed E-state index contributed by atoms with van der Waals surface area (Å²) in [7, 11) is 0. The Morgan fingerprint density at radius 2 is 2.17 bits per heavy atom. The van der Waals surface area contributed by atoms with Crippen molar-refractivity contribution in [2.45, 2.75) is 13.0 Å². The van der Waals surface area contributed by atoms with E-state index in [1.165, 1.54) is 24.6 Å². The fourth-order valence-electron chi connectivity index (χ4n) is 2.47. The summed E-state index contributed by atoms with van der Waals surface area (Å²) in [6.45, 7) is 3.05. The number of amides is 1. The molecule has 120 valence electrons. The third-order valence-electron chi connectivity index (χ3n) is 3.73. The molecule has 1 amide bonds. The number of morpholine rings is 1. The number of benzene rings is 1. The maximum Gasteiger partial charge on any atom is 0.247 e. The van der Waals surface area contributed by atoms with E-state index in [1.807, 2.05) is 6.92 Å². The van der Waals surface area contributed by atoms with Gasteiger partial charge in [0, 0.05) is 12.6 Å². The molecule has 0 saturated carbocycles. The third kappa shape index (κ3) is 3.45. The average molecular weight is 317 g/mol. The van der Waals surface area contributed by atoms with E-state index in [-0.39, 0.29) is 17.8 Å². The molecule has 1 saturated heterocycles. The highest BCUT2D eigenvalue weighted by Crippen LogP contribution is 2.23. The van der Waals surface area contributed by atoms with Gasteiger partial charge in [-0.25, -0.2) is 4.39 Å². The van der Waals surface area contributed by atoms with Crippen LogP contribution in [0.2, 0.25) is 0 Å². The molecule has 0 bridgehead atoms. The van der Waals surface area contributed by atoms with Gasteiger partial charge in [-0.05, 0) is 30.2 Å². The van der Waals surface area contributed by atoms with E-state index in [0.29, 0.717) is 25.6 Å². The molecule has 0 spiro atoms. The zero-order chi connectivity index (χ0) is 16.2. The standard InChI is InChI=1S/C16H16FN3O3/c1-11(12-2-4-13(17)5-3-12)8-15(21)20-6-7-22-9-14(20)16-18-10-23-19-16/h2-5,8,10,14H,6-7,9H2,1H3/b11-8+. The van der Waals surface area contributed by atoms with Crippen LogP contribution in [-0.4, -0.2) is 40.7 Å². The van der Waals surface area contributed by atoms with Crippen molar-refractivity contribution < 1.29 is 18.4 Å². The van der Waals surface area contributed by atoms with Crippen LogP contribution >= 0.6 is 0 Å². The highest BCUT2D eigenvalue weighted by molar-refractivity contribution is 5.95. The van der Waals surface area contributed by atoms with Gasteiger partial charge in [0.1, 0.15) is 11.9 Å². The first kappa shape index (κ1) is 15.4. The summed E-state index contributed by atoms with van der Waals surface area (Å²) in [6.07, 6.45) is 2.76. The lowest BCUT2D eigenvalue weighted by Crippen LogP contribution is -2.43. The van der Waals surface area contributed by atoms with Crippen LogP contribution in [0.15, 0.2) is 41.3 Å². The molecule has 1 aromatic heterocycles. The Hall–Kier alpha value is -2.54. The first-order chi connectivity index (χ1) is 11.1. The number of hydrogen-bond donors (Lipinski definition) is 0. The molecule has 6 nitrogen and oxygen atoms in total. The molecule has 3 rings (SSSR count). The van der Waals surface area contributed by atoms with Crippen molar-refractivity contribution in [3.8, 4) is 0 Å². The number of aromatic nitrogens is 2. The van der Waals surface area contributed by atoms with Crippen LogP contribution in [0, 0.1) is 5.82 Å². The molecule has 1 fully saturated rings. The fourth-order valence-corrected chi connectivity index (χ4v) is 2.47. The molecule has 1 aliphatic rings. The van der Waals surface area contributed by atoms with Crippen LogP contribution < -0.4 is 0 Å². The fraction of sp³-hybridized carbons (Fsp3) is 0.312. The Kier molecular flexibility index (Phi) is 4.47. The maximum absolute atomic E-state index is 13.0. The minimum Gasteiger partial charge on any atom is -0.377 e. The topological polar surface area (TPSA) is 68.5 Å². The molecule has 2 heterocycles. The maximum atomic E-state index is 13.0. The molecule has 7 heteroatoms. The van der Waals surface area contributed by atoms with Crippen molar-refractivity contribution in [2.75, 3.05) is 19.8 Å². The van der Waals surface area contributed by atoms with E-state index in [9.17, 15) is 9.18 Å². The van der Waals surface area contributed by atoms with Crippen molar-refractivity contribution >= 4 is 11.5 Å². The second-order valence-electron chi connectivity index (χ2n) is 5.25. The van der Waals surface area contributed by atoms with Crippen LogP contribution in [0.4, 0.5) is 4.39 Å². The highest BCUT2D eigenvalue weighted by atomic mass is 19.1. The number of carbonyl (C=O) groups excluding carboxylic acids is 1. The summed E-state index contributed by atoms with van der Waals surface area (Å²) in [5.41, 5.74) is 1.55. The molecule has 1 aromatic carbocycles. The van der Waals surface area contributed by atoms with E-state index in [0.717, 1.165) is 11.1 Å². The van der Waals surface area contributed by atoms with Gasteiger partial charge in [0.2, 0.25) is 12.3 Å². The van der Waals surface area contributed by atoms with Gasteiger partial charge in [-0.15, -0.1) is 0 Å². The minimum atomic E-state index is -0.368. The van der Waals surface area contributed by atoms with Crippen molar-refractivity contribution in [1.29, 1.82) is 0 Å². The van der Waals surface area contributed by atoms with Crippen LogP contribution in [0.5, 0.6) is 0 Å². The SMILES string of the molecule is C/C(=C\C(=O)N1CCOCC1c1ncon1)c1ccc(F)cc1. The Morgan fingerprint density at radius 3 is 2.87 bits per heavy atom. The predicted molar refractivity (Wildman–Crippen MR) is 79.6 cm³/mol. The molecule has 1 unspecified atom stereocenters. The minimum absolute atomic E-state index is 0.162. The smallest absolute Gasteiger partial charge is 0.247 e. The lowest BCUT2D eigenvalue weighted by atomic mass is 10.1. The van der Waals surface area contributed by atoms with Crippen molar-refractivity contribution in [3.05, 3.63) is 53.9 Å². The van der Waals surface area contributed by atoms with Gasteiger partial charge >= 0.3 is 0 Å². The van der Waals surface area contributed by atoms with E-state index >= 15 is 0 Å². The summed E-state index contributed by atoms with van der Waals surface area (Å²) >= 11 is 0. The molecule has 2 aromatic rings. The number of rotatable bonds is 3. The van der Waals surface area contributed by atoms with Crippen LogP contribution in [0.25, 0.3) is 5.57 Å². The van der Waals surface area contributed by atoms with Gasteiger partial charge in [-0.2, -0.15) is 4.98 Å². The summed E-state index contributed by atoms with van der Waals surface area (Å²) in [5, 5.41) is 3.80. The third-order valence-corrected chi connectivity index (χ3v) is 3.73. The van der Waals surface area contributed by atoms with Crippen molar-refractivity contribution in [3.63, 3.8) is 0 Å². The average Bonchev–Trinajstić information content (AvgIpc) is 3.09. The second-order valence-corrected chi connectivity index (χ2v) is 5.25. The largest absolute Gasteiger partial charge is 0.377 e. The van der Waals surface area contributed by atoms with E-state index < -0.39 is 0 Å². The first-order valence-corrected chi connectivity index (χ1v) is 7.24. The summed E-state index contributed by atoms with van der Waals surface area (Å²) in [6, 6.07) is 5.66. The Labute approximate surface area is 132 Å². The van der Waals surface area contributed by atoms with Crippen LogP contribution in [0.3, 0.4) is 0 Å². The molecule has 23 heavy (non-hydrogen) atoms. The zero-order valence-corrected chi connectivity index (χ0v) is 12.6. The quantitative estimate of drug-likeness (QED) is 0.812. The molecular weight excluding hydrogens is 301 g/mol. The normalized spacial score (nSPS) is 19.0. The molecule has 0 aliphatic carbocycles. The molecular formula is C16H16FN3O3. The number of nitrogens with zero attached hydrogens (tertiary/aromatic N) is 3. The lowest BCUT2D eigenvalue weighted by Gasteiger charge is -2.33. The van der Waals surface area contributed by atoms with Crippen LogP contribution in [0.1, 0.15) is 24.4 Å². The molecule has 1 aliphatic heterocycles. The second kappa shape index (κ2) is 6.70. The van der Waals surface area contributed by atoms with Gasteiger partial charge in [0.15, 0.2) is 5.82 Å². The number of ether oxygens (including phenoxy) is 1. The van der Waals surface area contributed by atoms with Gasteiger partial charge < -0.3 is 14.2 Å². The predicted octanol–water partition coefficient (Wildman–Crippen LogP) is 2.21. The Bertz CT molecular complexity index is 698. The van der Waals surface area contributed by atoms with Gasteiger partial charge in [-0.3, -0.25) is 4.79 Å². The van der Waals surface area contributed by atoms with Gasteiger partial charge in [0.05, 0.1) is 13.2 Å². The number of halogens is 1. The molecule has 0 radical (unpaired) electrons. The summed E-state index contributed by atoms with van der Waals surface area (Å²) in [4.78, 5) is 18.2. The van der Waals surface area contributed by atoms with E-state index in [4.69, 9.17) is 9.26 Å². The van der Waals surface area contributed by atoms with E-state index in [2.05, 4.69) is 10.1 Å². The zero-order valence-electron chi connectivity index (χ0n) is 12.6. The van der Waals surface area contributed by atoms with Gasteiger partial charge in [0.25, 0.3) is 0 Å². The monoisotopic (exact) mass is 317 g/mol. The Morgan fingerprint density at radius 1 is 1.39 bits per heavy atom. The van der Waals surface area contributed by atoms with Crippen molar-refractivity contribution in [2.24, 2.45) is 0 Å². The molecule has 0 N–H and O–H groups in total.